The molecule has 0 heterocycles. The Morgan fingerprint density at radius 2 is 1.77 bits per heavy atom. The summed E-state index contributed by atoms with van der Waals surface area (Å²) in [6, 6.07) is 15.0. The molecule has 140 valence electrons. The maximum Gasteiger partial charge on any atom is 0.119 e. The summed E-state index contributed by atoms with van der Waals surface area (Å²) in [6.07, 6.45) is 1.14. The van der Waals surface area contributed by atoms with Gasteiger partial charge in [-0.3, -0.25) is 0 Å². The van der Waals surface area contributed by atoms with E-state index >= 15 is 0 Å². The Kier molecular flexibility index (Phi) is 5.64. The number of likely N-dealkylation sites (N-methyl/N-ethyl adjacent to an activating group) is 1. The average Bonchev–Trinajstić information content (AvgIpc) is 2.59. The Morgan fingerprint density at radius 1 is 1.08 bits per heavy atom. The normalized spacial score (nSPS) is 21.5. The number of hydrogen-bond donors (Lipinski definition) is 0. The van der Waals surface area contributed by atoms with Crippen LogP contribution in [0.1, 0.15) is 55.7 Å². The van der Waals surface area contributed by atoms with E-state index in [0.717, 1.165) is 23.7 Å². The maximum atomic E-state index is 6.10. The Hall–Kier alpha value is -1.51. The first-order chi connectivity index (χ1) is 12.3. The second kappa shape index (κ2) is 7.62. The third-order valence-corrected chi connectivity index (χ3v) is 6.13. The first kappa shape index (κ1) is 19.3. The second-order valence-electron chi connectivity index (χ2n) is 8.46. The molecule has 26 heavy (non-hydrogen) atoms. The standard InChI is InChI=1S/C23H30ClNO/c1-16-21-14-19(26-13-12-25(4)5)10-11-20(21)22(15-23(16,2)3)17-6-8-18(24)9-7-17/h6-11,14,16,22H,12-13,15H2,1-5H3. The molecular weight excluding hydrogens is 342 g/mol. The predicted molar refractivity (Wildman–Crippen MR) is 111 cm³/mol. The SMILES string of the molecule is CC1c2cc(OCCN(C)C)ccc2C(c2ccc(Cl)cc2)CC1(C)C. The van der Waals surface area contributed by atoms with Crippen molar-refractivity contribution in [3.8, 4) is 5.75 Å². The van der Waals surface area contributed by atoms with Crippen molar-refractivity contribution >= 4 is 11.6 Å². The molecule has 2 aromatic rings. The van der Waals surface area contributed by atoms with E-state index in [0.29, 0.717) is 18.4 Å². The van der Waals surface area contributed by atoms with Gasteiger partial charge in [0.25, 0.3) is 0 Å². The van der Waals surface area contributed by atoms with E-state index < -0.39 is 0 Å². The number of nitrogens with zero attached hydrogens (tertiary/aromatic N) is 1. The first-order valence-corrected chi connectivity index (χ1v) is 9.82. The van der Waals surface area contributed by atoms with Gasteiger partial charge in [0, 0.05) is 17.5 Å². The van der Waals surface area contributed by atoms with Gasteiger partial charge < -0.3 is 9.64 Å². The Balaban J connectivity index is 1.94. The lowest BCUT2D eigenvalue weighted by Gasteiger charge is -2.43. The van der Waals surface area contributed by atoms with Crippen molar-refractivity contribution in [3.05, 3.63) is 64.2 Å². The molecule has 0 aromatic heterocycles. The highest BCUT2D eigenvalue weighted by Crippen LogP contribution is 2.52. The highest BCUT2D eigenvalue weighted by molar-refractivity contribution is 6.30. The van der Waals surface area contributed by atoms with Crippen LogP contribution in [0.4, 0.5) is 0 Å². The van der Waals surface area contributed by atoms with Crippen LogP contribution in [-0.4, -0.2) is 32.1 Å². The van der Waals surface area contributed by atoms with Crippen molar-refractivity contribution < 1.29 is 4.74 Å². The van der Waals surface area contributed by atoms with E-state index in [1.807, 2.05) is 12.1 Å². The van der Waals surface area contributed by atoms with Crippen molar-refractivity contribution in [1.29, 1.82) is 0 Å². The van der Waals surface area contributed by atoms with Gasteiger partial charge >= 0.3 is 0 Å². The van der Waals surface area contributed by atoms with Gasteiger partial charge in [0.2, 0.25) is 0 Å². The third kappa shape index (κ3) is 4.07. The van der Waals surface area contributed by atoms with Crippen molar-refractivity contribution in [2.45, 2.75) is 39.0 Å². The summed E-state index contributed by atoms with van der Waals surface area (Å²) in [4.78, 5) is 2.14. The second-order valence-corrected chi connectivity index (χ2v) is 8.90. The molecule has 3 rings (SSSR count). The van der Waals surface area contributed by atoms with Crippen LogP contribution < -0.4 is 4.74 Å². The lowest BCUT2D eigenvalue weighted by molar-refractivity contribution is 0.239. The molecule has 0 fully saturated rings. The number of halogens is 1. The molecule has 2 unspecified atom stereocenters. The molecule has 3 heteroatoms. The van der Waals surface area contributed by atoms with Crippen LogP contribution in [0.5, 0.6) is 5.75 Å². The summed E-state index contributed by atoms with van der Waals surface area (Å²) in [6.45, 7) is 8.74. The van der Waals surface area contributed by atoms with E-state index in [4.69, 9.17) is 16.3 Å². The van der Waals surface area contributed by atoms with E-state index in [2.05, 4.69) is 70.1 Å². The van der Waals surface area contributed by atoms with Gasteiger partial charge in [-0.15, -0.1) is 0 Å². The minimum atomic E-state index is 0.236. The zero-order valence-electron chi connectivity index (χ0n) is 16.6. The highest BCUT2D eigenvalue weighted by atomic mass is 35.5. The van der Waals surface area contributed by atoms with Crippen LogP contribution in [0, 0.1) is 5.41 Å². The fraction of sp³-hybridized carbons (Fsp3) is 0.478. The number of benzene rings is 2. The minimum absolute atomic E-state index is 0.236. The van der Waals surface area contributed by atoms with Gasteiger partial charge in [0.15, 0.2) is 0 Å². The van der Waals surface area contributed by atoms with Crippen molar-refractivity contribution in [2.24, 2.45) is 5.41 Å². The Labute approximate surface area is 163 Å². The van der Waals surface area contributed by atoms with Crippen LogP contribution in [0.3, 0.4) is 0 Å². The van der Waals surface area contributed by atoms with Crippen LogP contribution in [-0.2, 0) is 0 Å². The fourth-order valence-electron chi connectivity index (χ4n) is 3.91. The number of hydrogen-bond acceptors (Lipinski definition) is 2. The monoisotopic (exact) mass is 371 g/mol. The smallest absolute Gasteiger partial charge is 0.119 e. The van der Waals surface area contributed by atoms with Gasteiger partial charge in [-0.25, -0.2) is 0 Å². The van der Waals surface area contributed by atoms with Gasteiger partial charge in [0.05, 0.1) is 0 Å². The van der Waals surface area contributed by atoms with Crippen molar-refractivity contribution in [2.75, 3.05) is 27.2 Å². The van der Waals surface area contributed by atoms with Crippen LogP contribution in [0.2, 0.25) is 5.02 Å². The Bertz CT molecular complexity index is 751. The first-order valence-electron chi connectivity index (χ1n) is 9.45. The molecule has 1 aliphatic rings. The lowest BCUT2D eigenvalue weighted by atomic mass is 9.62. The number of rotatable bonds is 5. The summed E-state index contributed by atoms with van der Waals surface area (Å²) in [5.74, 6) is 1.88. The summed E-state index contributed by atoms with van der Waals surface area (Å²) < 4.78 is 6.00. The molecule has 0 amide bonds. The Morgan fingerprint density at radius 3 is 2.42 bits per heavy atom. The molecule has 0 spiro atoms. The largest absolute Gasteiger partial charge is 0.492 e. The quantitative estimate of drug-likeness (QED) is 0.644. The van der Waals surface area contributed by atoms with Crippen LogP contribution >= 0.6 is 11.6 Å². The van der Waals surface area contributed by atoms with E-state index in [1.165, 1.54) is 16.7 Å². The number of ether oxygens (including phenoxy) is 1. The van der Waals surface area contributed by atoms with E-state index in [1.54, 1.807) is 0 Å². The minimum Gasteiger partial charge on any atom is -0.492 e. The summed E-state index contributed by atoms with van der Waals surface area (Å²) in [5.41, 5.74) is 4.43. The lowest BCUT2D eigenvalue weighted by Crippen LogP contribution is -2.29. The molecule has 0 bridgehead atoms. The van der Waals surface area contributed by atoms with Gasteiger partial charge in [0.1, 0.15) is 12.4 Å². The zero-order valence-corrected chi connectivity index (χ0v) is 17.3. The van der Waals surface area contributed by atoms with Gasteiger partial charge in [-0.2, -0.15) is 0 Å². The molecule has 0 N–H and O–H groups in total. The topological polar surface area (TPSA) is 12.5 Å². The molecule has 2 nitrogen and oxygen atoms in total. The maximum absolute atomic E-state index is 6.10. The molecule has 0 radical (unpaired) electrons. The molecule has 2 aromatic carbocycles. The summed E-state index contributed by atoms with van der Waals surface area (Å²) >= 11 is 6.10. The molecule has 0 aliphatic heterocycles. The molecule has 0 saturated carbocycles. The van der Waals surface area contributed by atoms with Crippen molar-refractivity contribution in [1.82, 2.24) is 4.90 Å². The zero-order chi connectivity index (χ0) is 18.9. The van der Waals surface area contributed by atoms with Gasteiger partial charge in [-0.1, -0.05) is 50.6 Å². The summed E-state index contributed by atoms with van der Waals surface area (Å²) in [7, 11) is 4.13. The third-order valence-electron chi connectivity index (χ3n) is 5.88. The molecular formula is C23H30ClNO. The highest BCUT2D eigenvalue weighted by Gasteiger charge is 2.38. The van der Waals surface area contributed by atoms with Crippen molar-refractivity contribution in [3.63, 3.8) is 0 Å². The van der Waals surface area contributed by atoms with E-state index in [-0.39, 0.29) is 5.41 Å². The van der Waals surface area contributed by atoms with Crippen LogP contribution in [0.25, 0.3) is 0 Å². The summed E-state index contributed by atoms with van der Waals surface area (Å²) in [5, 5.41) is 0.794. The van der Waals surface area contributed by atoms with Gasteiger partial charge in [-0.05, 0) is 72.8 Å². The predicted octanol–water partition coefficient (Wildman–Crippen LogP) is 5.95. The molecule has 2 atom stereocenters. The molecule has 1 aliphatic carbocycles. The van der Waals surface area contributed by atoms with Crippen LogP contribution in [0.15, 0.2) is 42.5 Å². The number of fused-ring (bicyclic) bond motifs is 1. The average molecular weight is 372 g/mol. The van der Waals surface area contributed by atoms with E-state index in [9.17, 15) is 0 Å². The molecule has 0 saturated heterocycles. The fourth-order valence-corrected chi connectivity index (χ4v) is 4.03.